The van der Waals surface area contributed by atoms with E-state index in [1.54, 1.807) is 0 Å². The minimum atomic E-state index is 0.690. The molecule has 1 atom stereocenters. The van der Waals surface area contributed by atoms with Crippen molar-refractivity contribution in [3.63, 3.8) is 0 Å². The molecule has 0 aliphatic heterocycles. The van der Waals surface area contributed by atoms with Crippen LogP contribution in [0.3, 0.4) is 0 Å². The number of nitrogens with zero attached hydrogens (tertiary/aromatic N) is 2. The number of hydrogen-bond donors (Lipinski definition) is 1. The molecule has 0 radical (unpaired) electrons. The maximum Gasteiger partial charge on any atom is 0.109 e. The zero-order valence-corrected chi connectivity index (χ0v) is 13.2. The number of imidazole rings is 1. The molecular formula is C17H27N3. The monoisotopic (exact) mass is 273 g/mol. The lowest BCUT2D eigenvalue weighted by molar-refractivity contribution is 0.338. The van der Waals surface area contributed by atoms with Crippen molar-refractivity contribution >= 4 is 11.0 Å². The Kier molecular flexibility index (Phi) is 4.81. The molecule has 2 N–H and O–H groups in total. The van der Waals surface area contributed by atoms with Crippen molar-refractivity contribution in [1.82, 2.24) is 9.55 Å². The molecule has 20 heavy (non-hydrogen) atoms. The molecule has 0 amide bonds. The molecule has 0 saturated carbocycles. The summed E-state index contributed by atoms with van der Waals surface area (Å²) >= 11 is 0. The fraction of sp³-hybridized carbons (Fsp3) is 0.588. The van der Waals surface area contributed by atoms with Gasteiger partial charge in [-0.05, 0) is 55.8 Å². The van der Waals surface area contributed by atoms with Crippen molar-refractivity contribution in [2.45, 2.75) is 40.0 Å². The largest absolute Gasteiger partial charge is 0.331 e. The van der Waals surface area contributed by atoms with Gasteiger partial charge < -0.3 is 10.3 Å². The normalized spacial score (nSPS) is 13.3. The SMILES string of the molecule is Cc1ccc2c(c1)nc(CCC(CCN)C(C)C)n2C. The van der Waals surface area contributed by atoms with Crippen LogP contribution in [-0.4, -0.2) is 16.1 Å². The van der Waals surface area contributed by atoms with Gasteiger partial charge in [0, 0.05) is 13.5 Å². The van der Waals surface area contributed by atoms with Crippen LogP contribution in [0, 0.1) is 18.8 Å². The summed E-state index contributed by atoms with van der Waals surface area (Å²) in [5, 5.41) is 0. The van der Waals surface area contributed by atoms with Crippen molar-refractivity contribution in [2.24, 2.45) is 24.6 Å². The zero-order chi connectivity index (χ0) is 14.7. The highest BCUT2D eigenvalue weighted by atomic mass is 15.1. The van der Waals surface area contributed by atoms with E-state index in [9.17, 15) is 0 Å². The number of aromatic nitrogens is 2. The predicted molar refractivity (Wildman–Crippen MR) is 85.8 cm³/mol. The van der Waals surface area contributed by atoms with Gasteiger partial charge in [-0.25, -0.2) is 4.98 Å². The molecule has 2 rings (SSSR count). The van der Waals surface area contributed by atoms with Crippen molar-refractivity contribution in [3.8, 4) is 0 Å². The summed E-state index contributed by atoms with van der Waals surface area (Å²) in [6.45, 7) is 7.48. The summed E-state index contributed by atoms with van der Waals surface area (Å²) in [7, 11) is 2.12. The zero-order valence-electron chi connectivity index (χ0n) is 13.2. The van der Waals surface area contributed by atoms with Crippen LogP contribution in [0.1, 0.15) is 38.1 Å². The van der Waals surface area contributed by atoms with E-state index in [1.807, 2.05) is 0 Å². The minimum absolute atomic E-state index is 0.690. The van der Waals surface area contributed by atoms with Crippen LogP contribution in [0.15, 0.2) is 18.2 Å². The quantitative estimate of drug-likeness (QED) is 0.876. The Bertz CT molecular complexity index is 569. The first-order chi connectivity index (χ1) is 9.52. The summed E-state index contributed by atoms with van der Waals surface area (Å²) in [5.41, 5.74) is 9.33. The van der Waals surface area contributed by atoms with Crippen LogP contribution in [0.4, 0.5) is 0 Å². The number of fused-ring (bicyclic) bond motifs is 1. The Balaban J connectivity index is 2.15. The van der Waals surface area contributed by atoms with Crippen LogP contribution in [0.5, 0.6) is 0 Å². The molecule has 1 unspecified atom stereocenters. The van der Waals surface area contributed by atoms with E-state index in [4.69, 9.17) is 10.7 Å². The second-order valence-electron chi connectivity index (χ2n) is 6.20. The molecule has 1 aromatic carbocycles. The average Bonchev–Trinajstić information content (AvgIpc) is 2.70. The van der Waals surface area contributed by atoms with E-state index >= 15 is 0 Å². The van der Waals surface area contributed by atoms with Crippen LogP contribution in [-0.2, 0) is 13.5 Å². The highest BCUT2D eigenvalue weighted by molar-refractivity contribution is 5.76. The highest BCUT2D eigenvalue weighted by Crippen LogP contribution is 2.23. The Morgan fingerprint density at radius 3 is 2.65 bits per heavy atom. The number of aryl methyl sites for hydroxylation is 3. The van der Waals surface area contributed by atoms with E-state index in [0.717, 1.165) is 24.9 Å². The summed E-state index contributed by atoms with van der Waals surface area (Å²) in [6, 6.07) is 6.48. The maximum atomic E-state index is 5.72. The third-order valence-electron chi connectivity index (χ3n) is 4.35. The standard InChI is InChI=1S/C17H27N3/c1-12(2)14(9-10-18)6-8-17-19-15-11-13(3)5-7-16(15)20(17)4/h5,7,11-12,14H,6,8-10,18H2,1-4H3. The Hall–Kier alpha value is -1.35. The lowest BCUT2D eigenvalue weighted by Gasteiger charge is -2.19. The Morgan fingerprint density at radius 2 is 2.00 bits per heavy atom. The van der Waals surface area contributed by atoms with Gasteiger partial charge in [0.2, 0.25) is 0 Å². The van der Waals surface area contributed by atoms with E-state index in [0.29, 0.717) is 11.8 Å². The lowest BCUT2D eigenvalue weighted by atomic mass is 9.88. The van der Waals surface area contributed by atoms with E-state index < -0.39 is 0 Å². The fourth-order valence-corrected chi connectivity index (χ4v) is 2.92. The number of nitrogens with two attached hydrogens (primary N) is 1. The summed E-state index contributed by atoms with van der Waals surface area (Å²) in [6.07, 6.45) is 3.32. The highest BCUT2D eigenvalue weighted by Gasteiger charge is 2.15. The Morgan fingerprint density at radius 1 is 1.25 bits per heavy atom. The van der Waals surface area contributed by atoms with E-state index in [1.165, 1.54) is 23.3 Å². The van der Waals surface area contributed by atoms with Gasteiger partial charge in [0.15, 0.2) is 0 Å². The van der Waals surface area contributed by atoms with Crippen molar-refractivity contribution < 1.29 is 0 Å². The number of rotatable bonds is 6. The van der Waals surface area contributed by atoms with Gasteiger partial charge in [0.1, 0.15) is 5.82 Å². The summed E-state index contributed by atoms with van der Waals surface area (Å²) in [4.78, 5) is 4.80. The minimum Gasteiger partial charge on any atom is -0.331 e. The van der Waals surface area contributed by atoms with Gasteiger partial charge in [-0.1, -0.05) is 19.9 Å². The summed E-state index contributed by atoms with van der Waals surface area (Å²) in [5.74, 6) is 2.57. The third kappa shape index (κ3) is 3.21. The molecule has 0 saturated heterocycles. The second-order valence-corrected chi connectivity index (χ2v) is 6.20. The van der Waals surface area contributed by atoms with Crippen LogP contribution in [0.25, 0.3) is 11.0 Å². The first-order valence-electron chi connectivity index (χ1n) is 7.65. The summed E-state index contributed by atoms with van der Waals surface area (Å²) < 4.78 is 2.23. The molecule has 0 fully saturated rings. The molecule has 3 heteroatoms. The number of hydrogen-bond acceptors (Lipinski definition) is 2. The molecule has 1 heterocycles. The van der Waals surface area contributed by atoms with Gasteiger partial charge in [-0.2, -0.15) is 0 Å². The topological polar surface area (TPSA) is 43.8 Å². The number of benzene rings is 1. The predicted octanol–water partition coefficient (Wildman–Crippen LogP) is 3.44. The van der Waals surface area contributed by atoms with E-state index in [-0.39, 0.29) is 0 Å². The van der Waals surface area contributed by atoms with Crippen LogP contribution < -0.4 is 5.73 Å². The van der Waals surface area contributed by atoms with Gasteiger partial charge in [0.05, 0.1) is 11.0 Å². The first kappa shape index (κ1) is 15.0. The fourth-order valence-electron chi connectivity index (χ4n) is 2.92. The lowest BCUT2D eigenvalue weighted by Crippen LogP contribution is -2.16. The van der Waals surface area contributed by atoms with Gasteiger partial charge in [0.25, 0.3) is 0 Å². The molecule has 0 spiro atoms. The first-order valence-corrected chi connectivity index (χ1v) is 7.65. The van der Waals surface area contributed by atoms with Gasteiger partial charge in [-0.3, -0.25) is 0 Å². The molecule has 0 aliphatic carbocycles. The molecule has 110 valence electrons. The van der Waals surface area contributed by atoms with Gasteiger partial charge in [-0.15, -0.1) is 0 Å². The Labute approximate surface area is 122 Å². The van der Waals surface area contributed by atoms with Crippen LogP contribution >= 0.6 is 0 Å². The molecule has 1 aromatic heterocycles. The molecular weight excluding hydrogens is 246 g/mol. The maximum absolute atomic E-state index is 5.72. The second kappa shape index (κ2) is 6.40. The molecule has 0 bridgehead atoms. The van der Waals surface area contributed by atoms with Gasteiger partial charge >= 0.3 is 0 Å². The molecule has 3 nitrogen and oxygen atoms in total. The van der Waals surface area contributed by atoms with Crippen LogP contribution in [0.2, 0.25) is 0 Å². The van der Waals surface area contributed by atoms with Crippen molar-refractivity contribution in [3.05, 3.63) is 29.6 Å². The third-order valence-corrected chi connectivity index (χ3v) is 4.35. The van der Waals surface area contributed by atoms with E-state index in [2.05, 4.69) is 50.6 Å². The van der Waals surface area contributed by atoms with Crippen molar-refractivity contribution in [1.29, 1.82) is 0 Å². The molecule has 0 aliphatic rings. The average molecular weight is 273 g/mol. The van der Waals surface area contributed by atoms with Crippen molar-refractivity contribution in [2.75, 3.05) is 6.54 Å². The smallest absolute Gasteiger partial charge is 0.109 e. The molecule has 2 aromatic rings.